The van der Waals surface area contributed by atoms with Crippen LogP contribution < -0.4 is 25.4 Å². The van der Waals surface area contributed by atoms with Crippen molar-refractivity contribution in [3.8, 4) is 11.5 Å². The Morgan fingerprint density at radius 3 is 2.18 bits per heavy atom. The summed E-state index contributed by atoms with van der Waals surface area (Å²) in [5.74, 6) is -3.97. The summed E-state index contributed by atoms with van der Waals surface area (Å²) in [6.07, 6.45) is -13.4. The third kappa shape index (κ3) is 13.3. The van der Waals surface area contributed by atoms with Crippen molar-refractivity contribution in [1.82, 2.24) is 16.0 Å². The Labute approximate surface area is 389 Å². The first kappa shape index (κ1) is 56.2. The molecule has 0 unspecified atom stereocenters. The average molecular weight is 952 g/mol. The van der Waals surface area contributed by atoms with Crippen LogP contribution in [0.4, 0.5) is 13.2 Å². The number of methoxy groups -OCH3 is 1. The first-order valence-electron chi connectivity index (χ1n) is 23.5. The lowest BCUT2D eigenvalue weighted by molar-refractivity contribution is -0.335. The lowest BCUT2D eigenvalue weighted by Gasteiger charge is -2.53. The maximum atomic E-state index is 14.5. The summed E-state index contributed by atoms with van der Waals surface area (Å²) >= 11 is 0. The van der Waals surface area contributed by atoms with Gasteiger partial charge in [0.05, 0.1) is 42.0 Å². The largest absolute Gasteiger partial charge is 0.573 e. The van der Waals surface area contributed by atoms with Gasteiger partial charge in [-0.15, -0.1) is 13.2 Å². The number of para-hydroxylation sites is 2. The number of benzene rings is 1. The first-order valence-corrected chi connectivity index (χ1v) is 23.5. The van der Waals surface area contributed by atoms with Gasteiger partial charge in [-0.25, -0.2) is 0 Å². The van der Waals surface area contributed by atoms with Gasteiger partial charge in [-0.05, 0) is 112 Å². The molecule has 0 aliphatic carbocycles. The van der Waals surface area contributed by atoms with E-state index in [0.29, 0.717) is 13.0 Å². The van der Waals surface area contributed by atoms with E-state index >= 15 is 0 Å². The number of hydrogen-bond donors (Lipinski definition) is 7. The van der Waals surface area contributed by atoms with E-state index in [0.717, 1.165) is 12.5 Å². The van der Waals surface area contributed by atoms with Gasteiger partial charge in [-0.1, -0.05) is 39.8 Å². The second kappa shape index (κ2) is 23.0. The van der Waals surface area contributed by atoms with Crippen LogP contribution in [0.3, 0.4) is 0 Å². The van der Waals surface area contributed by atoms with Crippen LogP contribution in [0.5, 0.6) is 11.5 Å². The third-order valence-corrected chi connectivity index (χ3v) is 14.1. The number of cyclic esters (lactones) is 1. The van der Waals surface area contributed by atoms with E-state index < -0.39 is 120 Å². The normalized spacial score (nSPS) is 42.5. The first-order chi connectivity index (χ1) is 30.7. The van der Waals surface area contributed by atoms with Gasteiger partial charge in [0.15, 0.2) is 30.2 Å². The van der Waals surface area contributed by atoms with Crippen molar-refractivity contribution in [1.29, 1.82) is 0 Å². The maximum absolute atomic E-state index is 14.5. The molecule has 0 saturated carbocycles. The highest BCUT2D eigenvalue weighted by atomic mass is 19.4. The van der Waals surface area contributed by atoms with Gasteiger partial charge in [0.1, 0.15) is 29.0 Å². The number of nitrogens with one attached hydrogen (secondary N) is 3. The number of carbonyl (C=O) groups excluding carboxylic acids is 1. The number of hydrogen-bond acceptors (Lipinski definition) is 16. The Bertz CT molecular complexity index is 1680. The van der Waals surface area contributed by atoms with E-state index in [9.17, 15) is 38.4 Å². The SMILES string of the molecule is CCCNC[C@]1(O)[C@H](C)O[C@@H](O[C@H]2[C@H](C)[C@@H](O[C@@H]3O[C@H](C)C[C@H](NC)[C@H]3Oc3ccccc3OC(F)(F)F)[C@](C)(O)C[C@@H](C)CN[C@H](C)[C@@H](O)[C@](C)(O)[C@@H](CC)OC(=O)[C@@H]2C)C[C@@]1(C)OC. The Hall–Kier alpha value is -2.40. The Morgan fingerprint density at radius 1 is 0.939 bits per heavy atom. The topological polar surface area (TPSA) is 208 Å². The van der Waals surface area contributed by atoms with E-state index in [1.165, 1.54) is 32.2 Å². The molecule has 3 fully saturated rings. The van der Waals surface area contributed by atoms with Gasteiger partial charge in [-0.3, -0.25) is 4.79 Å². The standard InChI is InChI=1S/C47H80F3N3O13/c1-14-20-52-25-46(58)31(8)61-36(23-44(46,10)59-13)64-37-28(5)40(43(9,56)22-26(3)24-53-30(7)39(54)45(11,57)35(15-2)63-41(55)29(37)6)65-42-38(32(51-12)21-27(4)60-42)62-33-18-16-17-19-34(33)66-47(48,49)50/h16-19,26-32,35-40,42,51-54,56-58H,14-15,20-25H2,1-13H3/t26-,27-,28+,29-,30-,31+,32+,35-,36+,37+,38-,39-,40-,42+,43-,44-,45-,46+/m1/s1. The zero-order valence-corrected chi connectivity index (χ0v) is 41.1. The zero-order chi connectivity index (χ0) is 49.6. The molecule has 18 atom stereocenters. The maximum Gasteiger partial charge on any atom is 0.573 e. The molecule has 3 aliphatic heterocycles. The molecule has 0 radical (unpaired) electrons. The number of esters is 1. The summed E-state index contributed by atoms with van der Waals surface area (Å²) in [4.78, 5) is 14.5. The van der Waals surface area contributed by atoms with Crippen LogP contribution >= 0.6 is 0 Å². The number of aliphatic hydroxyl groups is 4. The quantitative estimate of drug-likeness (QED) is 0.101. The molecule has 3 heterocycles. The van der Waals surface area contributed by atoms with Crippen LogP contribution in [-0.4, -0.2) is 156 Å². The average Bonchev–Trinajstić information content (AvgIpc) is 3.24. The number of carbonyl (C=O) groups is 1. The highest BCUT2D eigenvalue weighted by Gasteiger charge is 2.58. The summed E-state index contributed by atoms with van der Waals surface area (Å²) in [5.41, 5.74) is -6.38. The monoisotopic (exact) mass is 952 g/mol. The molecule has 0 aromatic heterocycles. The van der Waals surface area contributed by atoms with Crippen LogP contribution in [0.15, 0.2) is 24.3 Å². The molecule has 16 nitrogen and oxygen atoms in total. The van der Waals surface area contributed by atoms with E-state index in [2.05, 4.69) is 20.7 Å². The van der Waals surface area contributed by atoms with Gasteiger partial charge in [-0.2, -0.15) is 0 Å². The van der Waals surface area contributed by atoms with Gasteiger partial charge >= 0.3 is 12.3 Å². The molecular weight excluding hydrogens is 872 g/mol. The molecule has 0 amide bonds. The van der Waals surface area contributed by atoms with Crippen molar-refractivity contribution in [2.24, 2.45) is 17.8 Å². The molecule has 1 aromatic carbocycles. The summed E-state index contributed by atoms with van der Waals surface area (Å²) in [6, 6.07) is 4.15. The lowest BCUT2D eigenvalue weighted by Crippen LogP contribution is -2.70. The fourth-order valence-corrected chi connectivity index (χ4v) is 10.0. The molecule has 382 valence electrons. The van der Waals surface area contributed by atoms with Crippen molar-refractivity contribution >= 4 is 5.97 Å². The molecule has 19 heteroatoms. The number of rotatable bonds is 14. The summed E-state index contributed by atoms with van der Waals surface area (Å²) in [6.45, 7) is 20.0. The minimum absolute atomic E-state index is 0.00650. The molecule has 3 aliphatic rings. The summed E-state index contributed by atoms with van der Waals surface area (Å²) in [7, 11) is 3.17. The van der Waals surface area contributed by atoms with Crippen LogP contribution in [0.1, 0.15) is 108 Å². The third-order valence-electron chi connectivity index (χ3n) is 14.1. The molecule has 7 N–H and O–H groups in total. The fourth-order valence-electron chi connectivity index (χ4n) is 10.0. The number of aliphatic hydroxyl groups excluding tert-OH is 1. The van der Waals surface area contributed by atoms with Gasteiger partial charge in [0.2, 0.25) is 0 Å². The molecular formula is C47H80F3N3O13. The number of alkyl halides is 3. The van der Waals surface area contributed by atoms with Crippen molar-refractivity contribution < 1.29 is 76.3 Å². The van der Waals surface area contributed by atoms with Crippen molar-refractivity contribution in [3.63, 3.8) is 0 Å². The summed E-state index contributed by atoms with van der Waals surface area (Å²) < 4.78 is 90.3. The van der Waals surface area contributed by atoms with Crippen molar-refractivity contribution in [2.75, 3.05) is 33.8 Å². The molecule has 0 spiro atoms. The molecule has 4 rings (SSSR count). The van der Waals surface area contributed by atoms with E-state index in [-0.39, 0.29) is 44.0 Å². The Kier molecular flexibility index (Phi) is 19.6. The van der Waals surface area contributed by atoms with Crippen LogP contribution in [0.2, 0.25) is 0 Å². The highest BCUT2D eigenvalue weighted by Crippen LogP contribution is 2.44. The highest BCUT2D eigenvalue weighted by molar-refractivity contribution is 5.73. The lowest BCUT2D eigenvalue weighted by atomic mass is 9.75. The molecule has 1 aromatic rings. The van der Waals surface area contributed by atoms with Gasteiger partial charge in [0.25, 0.3) is 0 Å². The van der Waals surface area contributed by atoms with E-state index in [4.69, 9.17) is 33.2 Å². The minimum Gasteiger partial charge on any atom is -0.480 e. The van der Waals surface area contributed by atoms with Gasteiger partial charge < -0.3 is 74.3 Å². The van der Waals surface area contributed by atoms with Gasteiger partial charge in [0, 0.05) is 32.0 Å². The number of halogens is 3. The summed E-state index contributed by atoms with van der Waals surface area (Å²) in [5, 5.41) is 58.0. The van der Waals surface area contributed by atoms with Crippen molar-refractivity contribution in [2.45, 2.75) is 204 Å². The smallest absolute Gasteiger partial charge is 0.480 e. The Morgan fingerprint density at radius 2 is 1.59 bits per heavy atom. The van der Waals surface area contributed by atoms with Crippen molar-refractivity contribution in [3.05, 3.63) is 24.3 Å². The predicted molar refractivity (Wildman–Crippen MR) is 239 cm³/mol. The molecule has 0 bridgehead atoms. The second-order valence-electron chi connectivity index (χ2n) is 19.6. The van der Waals surface area contributed by atoms with Crippen LogP contribution in [0, 0.1) is 17.8 Å². The van der Waals surface area contributed by atoms with E-state index in [1.54, 1.807) is 55.5 Å². The zero-order valence-electron chi connectivity index (χ0n) is 41.1. The molecule has 3 saturated heterocycles. The molecule has 66 heavy (non-hydrogen) atoms. The van der Waals surface area contributed by atoms with E-state index in [1.807, 2.05) is 20.8 Å². The number of likely N-dealkylation sites (N-methyl/N-ethyl adjacent to an activating group) is 1. The van der Waals surface area contributed by atoms with Crippen LogP contribution in [0.25, 0.3) is 0 Å². The number of ether oxygens (including phenoxy) is 8. The van der Waals surface area contributed by atoms with Crippen LogP contribution in [-0.2, 0) is 33.2 Å². The second-order valence-corrected chi connectivity index (χ2v) is 19.6. The fraction of sp³-hybridized carbons (Fsp3) is 0.851. The predicted octanol–water partition coefficient (Wildman–Crippen LogP) is 4.57. The minimum atomic E-state index is -5.01. The Balaban J connectivity index is 1.87.